The van der Waals surface area contributed by atoms with Crippen LogP contribution < -0.4 is 5.32 Å². The number of amides is 1. The number of aryl methyl sites for hydroxylation is 1. The van der Waals surface area contributed by atoms with Crippen molar-refractivity contribution in [2.45, 2.75) is 26.3 Å². The van der Waals surface area contributed by atoms with E-state index >= 15 is 0 Å². The average Bonchev–Trinajstić information content (AvgIpc) is 3.10. The number of carbonyl (C=O) groups excluding carboxylic acids is 1. The van der Waals surface area contributed by atoms with Gasteiger partial charge in [0.2, 0.25) is 11.8 Å². The standard InChI is InChI=1S/C15H19N3O2S/c1-10-9-16-5-6-18(10)14(19)8-12-11(2)20-15(17-12)13-4-3-7-21-13/h3-4,7,10,16H,5-6,8-9H2,1-2H3. The highest BCUT2D eigenvalue weighted by Gasteiger charge is 2.25. The molecule has 1 aliphatic rings. The minimum Gasteiger partial charge on any atom is -0.440 e. The van der Waals surface area contributed by atoms with Crippen molar-refractivity contribution in [3.63, 3.8) is 0 Å². The average molecular weight is 305 g/mol. The summed E-state index contributed by atoms with van der Waals surface area (Å²) in [6, 6.07) is 4.17. The summed E-state index contributed by atoms with van der Waals surface area (Å²) in [6.07, 6.45) is 0.311. The molecule has 1 N–H and O–H groups in total. The van der Waals surface area contributed by atoms with Crippen molar-refractivity contribution >= 4 is 17.2 Å². The molecule has 3 rings (SSSR count). The summed E-state index contributed by atoms with van der Waals surface area (Å²) in [5.41, 5.74) is 0.745. The number of oxazole rings is 1. The van der Waals surface area contributed by atoms with Crippen LogP contribution in [0.25, 0.3) is 10.8 Å². The minimum absolute atomic E-state index is 0.123. The van der Waals surface area contributed by atoms with Crippen molar-refractivity contribution in [1.82, 2.24) is 15.2 Å². The maximum atomic E-state index is 12.4. The molecule has 0 aromatic carbocycles. The fourth-order valence-electron chi connectivity index (χ4n) is 2.55. The fraction of sp³-hybridized carbons (Fsp3) is 0.467. The summed E-state index contributed by atoms with van der Waals surface area (Å²) in [5.74, 6) is 1.46. The van der Waals surface area contributed by atoms with Crippen LogP contribution in [0, 0.1) is 6.92 Å². The number of hydrogen-bond acceptors (Lipinski definition) is 5. The summed E-state index contributed by atoms with van der Waals surface area (Å²) < 4.78 is 5.69. The first-order valence-corrected chi connectivity index (χ1v) is 8.03. The first kappa shape index (κ1) is 14.3. The number of nitrogens with zero attached hydrogens (tertiary/aromatic N) is 2. The van der Waals surface area contributed by atoms with E-state index in [4.69, 9.17) is 4.42 Å². The second-order valence-electron chi connectivity index (χ2n) is 5.32. The highest BCUT2D eigenvalue weighted by Crippen LogP contribution is 2.26. The molecular formula is C15H19N3O2S. The number of hydrogen-bond donors (Lipinski definition) is 1. The summed E-state index contributed by atoms with van der Waals surface area (Å²) in [7, 11) is 0. The smallest absolute Gasteiger partial charge is 0.236 e. The molecule has 1 saturated heterocycles. The van der Waals surface area contributed by atoms with Gasteiger partial charge in [-0.1, -0.05) is 6.07 Å². The molecule has 1 atom stereocenters. The van der Waals surface area contributed by atoms with Gasteiger partial charge >= 0.3 is 0 Å². The Kier molecular flexibility index (Phi) is 4.07. The number of carbonyl (C=O) groups is 1. The Labute approximate surface area is 128 Å². The molecule has 1 unspecified atom stereocenters. The van der Waals surface area contributed by atoms with E-state index in [9.17, 15) is 4.79 Å². The quantitative estimate of drug-likeness (QED) is 0.943. The van der Waals surface area contributed by atoms with E-state index in [-0.39, 0.29) is 11.9 Å². The predicted octanol–water partition coefficient (Wildman–Crippen LogP) is 2.07. The van der Waals surface area contributed by atoms with Crippen molar-refractivity contribution in [1.29, 1.82) is 0 Å². The maximum Gasteiger partial charge on any atom is 0.236 e. The minimum atomic E-state index is 0.123. The topological polar surface area (TPSA) is 58.4 Å². The number of nitrogens with one attached hydrogen (secondary N) is 1. The monoisotopic (exact) mass is 305 g/mol. The van der Waals surface area contributed by atoms with E-state index in [0.717, 1.165) is 36.0 Å². The summed E-state index contributed by atoms with van der Waals surface area (Å²) >= 11 is 1.59. The molecule has 112 valence electrons. The zero-order chi connectivity index (χ0) is 14.8. The normalized spacial score (nSPS) is 19.0. The van der Waals surface area contributed by atoms with Gasteiger partial charge in [0.25, 0.3) is 0 Å². The van der Waals surface area contributed by atoms with Crippen molar-refractivity contribution in [2.24, 2.45) is 0 Å². The van der Waals surface area contributed by atoms with Crippen molar-refractivity contribution in [3.8, 4) is 10.8 Å². The molecule has 0 bridgehead atoms. The molecule has 3 heterocycles. The summed E-state index contributed by atoms with van der Waals surface area (Å²) in [6.45, 7) is 6.40. The number of thiophene rings is 1. The molecule has 0 aliphatic carbocycles. The van der Waals surface area contributed by atoms with Gasteiger partial charge in [0.05, 0.1) is 17.0 Å². The van der Waals surface area contributed by atoms with Gasteiger partial charge in [-0.05, 0) is 25.3 Å². The Morgan fingerprint density at radius 2 is 2.48 bits per heavy atom. The lowest BCUT2D eigenvalue weighted by Gasteiger charge is -2.33. The van der Waals surface area contributed by atoms with E-state index < -0.39 is 0 Å². The SMILES string of the molecule is Cc1oc(-c2cccs2)nc1CC(=O)N1CCNCC1C. The highest BCUT2D eigenvalue weighted by atomic mass is 32.1. The first-order chi connectivity index (χ1) is 10.1. The van der Waals surface area contributed by atoms with Gasteiger partial charge in [0, 0.05) is 25.7 Å². The molecule has 0 spiro atoms. The van der Waals surface area contributed by atoms with E-state index in [0.29, 0.717) is 12.3 Å². The Balaban J connectivity index is 1.74. The van der Waals surface area contributed by atoms with Gasteiger partial charge in [0.15, 0.2) is 0 Å². The van der Waals surface area contributed by atoms with Crippen LogP contribution in [-0.4, -0.2) is 41.5 Å². The van der Waals surface area contributed by atoms with Crippen LogP contribution >= 0.6 is 11.3 Å². The lowest BCUT2D eigenvalue weighted by Crippen LogP contribution is -2.52. The molecule has 1 aliphatic heterocycles. The largest absolute Gasteiger partial charge is 0.440 e. The van der Waals surface area contributed by atoms with Gasteiger partial charge in [-0.15, -0.1) is 11.3 Å². The maximum absolute atomic E-state index is 12.4. The van der Waals surface area contributed by atoms with Gasteiger partial charge in [-0.3, -0.25) is 4.79 Å². The van der Waals surface area contributed by atoms with Crippen molar-refractivity contribution in [3.05, 3.63) is 29.0 Å². The molecule has 0 radical (unpaired) electrons. The lowest BCUT2D eigenvalue weighted by atomic mass is 10.1. The van der Waals surface area contributed by atoms with Crippen LogP contribution in [0.5, 0.6) is 0 Å². The number of piperazine rings is 1. The van der Waals surface area contributed by atoms with Crippen LogP contribution in [0.15, 0.2) is 21.9 Å². The zero-order valence-electron chi connectivity index (χ0n) is 12.3. The fourth-order valence-corrected chi connectivity index (χ4v) is 3.20. The van der Waals surface area contributed by atoms with Crippen molar-refractivity contribution < 1.29 is 9.21 Å². The van der Waals surface area contributed by atoms with E-state index in [1.54, 1.807) is 11.3 Å². The third-order valence-electron chi connectivity index (χ3n) is 3.76. The van der Waals surface area contributed by atoms with Gasteiger partial charge in [-0.2, -0.15) is 0 Å². The summed E-state index contributed by atoms with van der Waals surface area (Å²) in [5, 5.41) is 5.28. The molecule has 0 saturated carbocycles. The Morgan fingerprint density at radius 3 is 3.19 bits per heavy atom. The zero-order valence-corrected chi connectivity index (χ0v) is 13.1. The molecule has 6 heteroatoms. The summed E-state index contributed by atoms with van der Waals surface area (Å²) in [4.78, 5) is 19.9. The van der Waals surface area contributed by atoms with Crippen molar-refractivity contribution in [2.75, 3.05) is 19.6 Å². The van der Waals surface area contributed by atoms with Gasteiger partial charge in [0.1, 0.15) is 5.76 Å². The third-order valence-corrected chi connectivity index (χ3v) is 4.62. The molecule has 5 nitrogen and oxygen atoms in total. The van der Waals surface area contributed by atoms with Crippen LogP contribution in [0.2, 0.25) is 0 Å². The first-order valence-electron chi connectivity index (χ1n) is 7.15. The van der Waals surface area contributed by atoms with Gasteiger partial charge in [-0.25, -0.2) is 4.98 Å². The Hall–Kier alpha value is -1.66. The van der Waals surface area contributed by atoms with E-state index in [2.05, 4.69) is 17.2 Å². The van der Waals surface area contributed by atoms with Crippen LogP contribution in [0.4, 0.5) is 0 Å². The van der Waals surface area contributed by atoms with Crippen LogP contribution in [-0.2, 0) is 11.2 Å². The number of rotatable bonds is 3. The Morgan fingerprint density at radius 1 is 1.62 bits per heavy atom. The number of aromatic nitrogens is 1. The Bertz CT molecular complexity index is 621. The molecule has 2 aromatic rings. The lowest BCUT2D eigenvalue weighted by molar-refractivity contribution is -0.133. The molecule has 1 amide bonds. The molecule has 1 fully saturated rings. The second kappa shape index (κ2) is 5.99. The predicted molar refractivity (Wildman–Crippen MR) is 82.3 cm³/mol. The second-order valence-corrected chi connectivity index (χ2v) is 6.26. The van der Waals surface area contributed by atoms with Crippen LogP contribution in [0.3, 0.4) is 0 Å². The van der Waals surface area contributed by atoms with E-state index in [1.165, 1.54) is 0 Å². The molecule has 2 aromatic heterocycles. The van der Waals surface area contributed by atoms with E-state index in [1.807, 2.05) is 29.3 Å². The van der Waals surface area contributed by atoms with Gasteiger partial charge < -0.3 is 14.6 Å². The third kappa shape index (κ3) is 3.01. The molecular weight excluding hydrogens is 286 g/mol. The highest BCUT2D eigenvalue weighted by molar-refractivity contribution is 7.13. The molecule has 21 heavy (non-hydrogen) atoms. The van der Waals surface area contributed by atoms with Crippen LogP contribution in [0.1, 0.15) is 18.4 Å².